The number of aliphatic imine (C=N–C) groups is 1. The quantitative estimate of drug-likeness (QED) is 0.286. The zero-order valence-corrected chi connectivity index (χ0v) is 23.7. The van der Waals surface area contributed by atoms with Crippen molar-refractivity contribution in [3.05, 3.63) is 90.9 Å². The number of carbonyl (C=O) groups excluding carboxylic acids is 2. The van der Waals surface area contributed by atoms with Gasteiger partial charge in [0.1, 0.15) is 5.75 Å². The molecule has 1 amide bonds. The summed E-state index contributed by atoms with van der Waals surface area (Å²) in [5.41, 5.74) is 6.27. The minimum atomic E-state index is -0.0663. The molecule has 0 saturated carbocycles. The molecule has 0 atom stereocenters. The first-order chi connectivity index (χ1) is 19.2. The number of anilines is 2. The molecule has 1 fully saturated rings. The number of fused-ring (bicyclic) bond motifs is 1. The van der Waals surface area contributed by atoms with Crippen molar-refractivity contribution < 1.29 is 14.3 Å². The van der Waals surface area contributed by atoms with Crippen molar-refractivity contribution in [2.24, 2.45) is 12.0 Å². The lowest BCUT2D eigenvalue weighted by molar-refractivity contribution is -0.129. The van der Waals surface area contributed by atoms with Gasteiger partial charge in [-0.3, -0.25) is 14.6 Å². The zero-order valence-electron chi connectivity index (χ0n) is 23.7. The van der Waals surface area contributed by atoms with E-state index >= 15 is 0 Å². The Morgan fingerprint density at radius 2 is 1.82 bits per heavy atom. The van der Waals surface area contributed by atoms with Gasteiger partial charge in [-0.2, -0.15) is 0 Å². The summed E-state index contributed by atoms with van der Waals surface area (Å²) in [6.07, 6.45) is 7.15. The lowest BCUT2D eigenvalue weighted by atomic mass is 10.0. The third-order valence-electron chi connectivity index (χ3n) is 7.15. The molecule has 8 nitrogen and oxygen atoms in total. The highest BCUT2D eigenvalue weighted by Gasteiger charge is 2.23. The number of nitrogens with zero attached hydrogens (tertiary/aromatic N) is 4. The molecule has 0 radical (unpaired) electrons. The minimum Gasteiger partial charge on any atom is -0.494 e. The second-order valence-corrected chi connectivity index (χ2v) is 9.84. The Balaban J connectivity index is 1.69. The van der Waals surface area contributed by atoms with E-state index in [0.29, 0.717) is 31.9 Å². The summed E-state index contributed by atoms with van der Waals surface area (Å²) < 4.78 is 7.87. The van der Waals surface area contributed by atoms with Crippen LogP contribution in [0.25, 0.3) is 10.9 Å². The number of aromatic nitrogens is 1. The highest BCUT2D eigenvalue weighted by Crippen LogP contribution is 2.35. The fourth-order valence-electron chi connectivity index (χ4n) is 5.12. The van der Waals surface area contributed by atoms with Gasteiger partial charge < -0.3 is 24.4 Å². The number of amides is 1. The number of para-hydroxylation sites is 1. The standard InChI is InChI=1S/C32H37N5O3/c1-7-25(39)18-24-19-29(32(40-6)20-31(24)37-15-13-36(14-16-37)23(4)38)34-22(3)17-28(33-8-2)27-21-35(5)30-12-10-9-11-26(27)30/h7-12,17,19-21,34H,1-2,13-16,18H2,3-6H3/b22-17+,33-28+. The van der Waals surface area contributed by atoms with E-state index in [1.54, 1.807) is 20.2 Å². The first kappa shape index (κ1) is 28.4. The molecule has 3 aromatic rings. The fourth-order valence-corrected chi connectivity index (χ4v) is 5.12. The normalized spacial score (nSPS) is 14.3. The van der Waals surface area contributed by atoms with Crippen molar-refractivity contribution in [3.8, 4) is 5.75 Å². The molecule has 40 heavy (non-hydrogen) atoms. The number of benzene rings is 2. The van der Waals surface area contributed by atoms with E-state index in [-0.39, 0.29) is 18.1 Å². The average Bonchev–Trinajstić information content (AvgIpc) is 3.29. The number of methoxy groups -OCH3 is 1. The molecule has 1 saturated heterocycles. The molecule has 0 aliphatic carbocycles. The van der Waals surface area contributed by atoms with Crippen LogP contribution >= 0.6 is 0 Å². The highest BCUT2D eigenvalue weighted by molar-refractivity contribution is 6.17. The van der Waals surface area contributed by atoms with E-state index in [2.05, 4.69) is 51.3 Å². The largest absolute Gasteiger partial charge is 0.494 e. The number of nitrogens with one attached hydrogen (secondary N) is 1. The number of hydrogen-bond donors (Lipinski definition) is 1. The molecule has 0 spiro atoms. The van der Waals surface area contributed by atoms with Crippen LogP contribution < -0.4 is 15.0 Å². The van der Waals surface area contributed by atoms with Crippen molar-refractivity contribution in [3.63, 3.8) is 0 Å². The van der Waals surface area contributed by atoms with E-state index in [4.69, 9.17) is 4.74 Å². The van der Waals surface area contributed by atoms with Gasteiger partial charge in [0.25, 0.3) is 0 Å². The van der Waals surface area contributed by atoms with Crippen LogP contribution in [0.4, 0.5) is 11.4 Å². The topological polar surface area (TPSA) is 79.2 Å². The van der Waals surface area contributed by atoms with E-state index in [9.17, 15) is 9.59 Å². The minimum absolute atomic E-state index is 0.0663. The summed E-state index contributed by atoms with van der Waals surface area (Å²) in [4.78, 5) is 32.9. The second-order valence-electron chi connectivity index (χ2n) is 9.84. The summed E-state index contributed by atoms with van der Waals surface area (Å²) in [6, 6.07) is 12.1. The maximum Gasteiger partial charge on any atom is 0.219 e. The maximum absolute atomic E-state index is 12.4. The van der Waals surface area contributed by atoms with Gasteiger partial charge in [-0.15, -0.1) is 0 Å². The Hall–Kier alpha value is -4.59. The number of rotatable bonds is 10. The van der Waals surface area contributed by atoms with Gasteiger partial charge in [-0.1, -0.05) is 31.4 Å². The van der Waals surface area contributed by atoms with E-state index in [1.165, 1.54) is 6.08 Å². The first-order valence-corrected chi connectivity index (χ1v) is 13.3. The molecular formula is C32H37N5O3. The van der Waals surface area contributed by atoms with Crippen LogP contribution in [0.3, 0.4) is 0 Å². The molecule has 2 aromatic carbocycles. The molecular weight excluding hydrogens is 502 g/mol. The molecule has 1 aromatic heterocycles. The molecule has 1 aliphatic heterocycles. The lowest BCUT2D eigenvalue weighted by Gasteiger charge is -2.37. The van der Waals surface area contributed by atoms with Gasteiger partial charge in [0.15, 0.2) is 5.78 Å². The maximum atomic E-state index is 12.4. The fraction of sp³-hybridized carbons (Fsp3) is 0.281. The van der Waals surface area contributed by atoms with Crippen LogP contribution in [-0.2, 0) is 23.1 Å². The van der Waals surface area contributed by atoms with Gasteiger partial charge in [0, 0.05) is 92.9 Å². The Labute approximate surface area is 235 Å². The molecule has 0 bridgehead atoms. The number of piperazine rings is 1. The third-order valence-corrected chi connectivity index (χ3v) is 7.15. The van der Waals surface area contributed by atoms with Crippen LogP contribution in [0, 0.1) is 0 Å². The molecule has 1 aliphatic rings. The van der Waals surface area contributed by atoms with E-state index < -0.39 is 0 Å². The summed E-state index contributed by atoms with van der Waals surface area (Å²) in [5, 5.41) is 4.57. The Kier molecular flexibility index (Phi) is 8.89. The number of hydrogen-bond acceptors (Lipinski definition) is 6. The highest BCUT2D eigenvalue weighted by atomic mass is 16.5. The monoisotopic (exact) mass is 539 g/mol. The van der Waals surface area contributed by atoms with Crippen molar-refractivity contribution in [1.82, 2.24) is 9.47 Å². The van der Waals surface area contributed by atoms with Crippen molar-refractivity contribution in [2.45, 2.75) is 20.3 Å². The molecule has 1 N–H and O–H groups in total. The predicted octanol–water partition coefficient (Wildman–Crippen LogP) is 5.10. The lowest BCUT2D eigenvalue weighted by Crippen LogP contribution is -2.48. The zero-order chi connectivity index (χ0) is 28.8. The van der Waals surface area contributed by atoms with Crippen LogP contribution in [0.5, 0.6) is 5.75 Å². The van der Waals surface area contributed by atoms with Gasteiger partial charge in [-0.25, -0.2) is 0 Å². The second kappa shape index (κ2) is 12.5. The van der Waals surface area contributed by atoms with Crippen molar-refractivity contribution in [1.29, 1.82) is 0 Å². The summed E-state index contributed by atoms with van der Waals surface area (Å²) in [5.74, 6) is 0.659. The molecule has 208 valence electrons. The van der Waals surface area contributed by atoms with E-state index in [1.807, 2.05) is 49.2 Å². The van der Waals surface area contributed by atoms with Crippen LogP contribution in [-0.4, -0.2) is 60.2 Å². The van der Waals surface area contributed by atoms with Crippen LogP contribution in [0.2, 0.25) is 0 Å². The molecule has 8 heteroatoms. The van der Waals surface area contributed by atoms with Gasteiger partial charge >= 0.3 is 0 Å². The number of allylic oxidation sites excluding steroid dienone is 3. The first-order valence-electron chi connectivity index (χ1n) is 13.3. The summed E-state index contributed by atoms with van der Waals surface area (Å²) in [6.45, 7) is 13.6. The number of aryl methyl sites for hydroxylation is 1. The predicted molar refractivity (Wildman–Crippen MR) is 163 cm³/mol. The van der Waals surface area contributed by atoms with Crippen molar-refractivity contribution >= 4 is 39.7 Å². The summed E-state index contributed by atoms with van der Waals surface area (Å²) >= 11 is 0. The Morgan fingerprint density at radius 3 is 2.48 bits per heavy atom. The smallest absolute Gasteiger partial charge is 0.219 e. The summed E-state index contributed by atoms with van der Waals surface area (Å²) in [7, 11) is 3.65. The number of ether oxygens (including phenoxy) is 1. The van der Waals surface area contributed by atoms with Gasteiger partial charge in [0.2, 0.25) is 5.91 Å². The molecule has 4 rings (SSSR count). The Morgan fingerprint density at radius 1 is 1.10 bits per heavy atom. The number of ketones is 1. The molecule has 0 unspecified atom stereocenters. The number of carbonyl (C=O) groups is 2. The van der Waals surface area contributed by atoms with E-state index in [0.717, 1.165) is 44.8 Å². The molecule has 2 heterocycles. The van der Waals surface area contributed by atoms with Crippen LogP contribution in [0.15, 0.2) is 84.8 Å². The average molecular weight is 540 g/mol. The Bertz CT molecular complexity index is 1510. The SMILES string of the molecule is C=C/N=C(\C=C(/C)Nc1cc(CC(=O)C=C)c(N2CCN(C(C)=O)CC2)cc1OC)c1cn(C)c2ccccc12. The van der Waals surface area contributed by atoms with Gasteiger partial charge in [-0.05, 0) is 36.8 Å². The van der Waals surface area contributed by atoms with Crippen molar-refractivity contribution in [2.75, 3.05) is 43.5 Å². The van der Waals surface area contributed by atoms with Gasteiger partial charge in [0.05, 0.1) is 18.5 Å². The third kappa shape index (κ3) is 6.17. The van der Waals surface area contributed by atoms with Crippen LogP contribution in [0.1, 0.15) is 25.0 Å².